The molecule has 1 heterocycles. The van der Waals surface area contributed by atoms with Crippen molar-refractivity contribution in [1.82, 2.24) is 0 Å². The fourth-order valence-electron chi connectivity index (χ4n) is 1.73. The Balaban J connectivity index is 2.19. The van der Waals surface area contributed by atoms with Gasteiger partial charge in [0.05, 0.1) is 12.3 Å². The van der Waals surface area contributed by atoms with Gasteiger partial charge in [0.2, 0.25) is 0 Å². The molecule has 2 aromatic rings. The molecule has 0 aliphatic rings. The van der Waals surface area contributed by atoms with E-state index in [9.17, 15) is 0 Å². The van der Waals surface area contributed by atoms with Gasteiger partial charge in [0.25, 0.3) is 0 Å². The third-order valence-electron chi connectivity index (χ3n) is 2.66. The minimum Gasteiger partial charge on any atom is -0.492 e. The standard InChI is InChI=1S/C14H16ClNOS/c1-3-17-14-5-4-12(15)8-13(14)16-10(2)11-6-7-18-9-11/h4-10,16H,3H2,1-2H3. The zero-order valence-electron chi connectivity index (χ0n) is 10.4. The summed E-state index contributed by atoms with van der Waals surface area (Å²) in [6.07, 6.45) is 0. The number of ether oxygens (including phenoxy) is 1. The summed E-state index contributed by atoms with van der Waals surface area (Å²) in [6.45, 7) is 4.74. The Labute approximate surface area is 117 Å². The van der Waals surface area contributed by atoms with Gasteiger partial charge in [0.1, 0.15) is 5.75 Å². The van der Waals surface area contributed by atoms with E-state index in [2.05, 4.69) is 29.1 Å². The van der Waals surface area contributed by atoms with Crippen LogP contribution in [0.1, 0.15) is 25.5 Å². The van der Waals surface area contributed by atoms with Crippen molar-refractivity contribution in [1.29, 1.82) is 0 Å². The second kappa shape index (κ2) is 6.12. The van der Waals surface area contributed by atoms with E-state index < -0.39 is 0 Å². The fraction of sp³-hybridized carbons (Fsp3) is 0.286. The molecule has 0 saturated carbocycles. The molecule has 18 heavy (non-hydrogen) atoms. The molecule has 96 valence electrons. The lowest BCUT2D eigenvalue weighted by atomic mass is 10.1. The molecule has 2 nitrogen and oxygen atoms in total. The Morgan fingerprint density at radius 3 is 2.89 bits per heavy atom. The maximum Gasteiger partial charge on any atom is 0.142 e. The molecule has 0 radical (unpaired) electrons. The lowest BCUT2D eigenvalue weighted by Crippen LogP contribution is -2.07. The van der Waals surface area contributed by atoms with Gasteiger partial charge >= 0.3 is 0 Å². The summed E-state index contributed by atoms with van der Waals surface area (Å²) in [5.74, 6) is 0.837. The first-order valence-electron chi connectivity index (χ1n) is 5.91. The first-order chi connectivity index (χ1) is 8.70. The average Bonchev–Trinajstić information content (AvgIpc) is 2.86. The Kier molecular flexibility index (Phi) is 4.50. The summed E-state index contributed by atoms with van der Waals surface area (Å²) in [5.41, 5.74) is 2.20. The zero-order valence-corrected chi connectivity index (χ0v) is 12.0. The van der Waals surface area contributed by atoms with Crippen LogP contribution in [0.2, 0.25) is 5.02 Å². The lowest BCUT2D eigenvalue weighted by molar-refractivity contribution is 0.341. The van der Waals surface area contributed by atoms with E-state index in [1.54, 1.807) is 11.3 Å². The van der Waals surface area contributed by atoms with Crippen molar-refractivity contribution in [3.63, 3.8) is 0 Å². The molecule has 1 N–H and O–H groups in total. The van der Waals surface area contributed by atoms with Crippen LogP contribution in [0.15, 0.2) is 35.0 Å². The first kappa shape index (κ1) is 13.2. The van der Waals surface area contributed by atoms with Crippen LogP contribution in [0.25, 0.3) is 0 Å². The highest BCUT2D eigenvalue weighted by molar-refractivity contribution is 7.07. The Morgan fingerprint density at radius 1 is 1.39 bits per heavy atom. The van der Waals surface area contributed by atoms with Gasteiger partial charge in [0, 0.05) is 11.1 Å². The highest BCUT2D eigenvalue weighted by atomic mass is 35.5. The number of halogens is 1. The molecule has 0 bridgehead atoms. The second-order valence-electron chi connectivity index (χ2n) is 4.00. The van der Waals surface area contributed by atoms with Gasteiger partial charge in [-0.05, 0) is 54.4 Å². The van der Waals surface area contributed by atoms with E-state index in [1.165, 1.54) is 5.56 Å². The summed E-state index contributed by atoms with van der Waals surface area (Å²) in [5, 5.41) is 8.36. The fourth-order valence-corrected chi connectivity index (χ4v) is 2.66. The van der Waals surface area contributed by atoms with Crippen molar-refractivity contribution < 1.29 is 4.74 Å². The number of hydrogen-bond acceptors (Lipinski definition) is 3. The van der Waals surface area contributed by atoms with Gasteiger partial charge in [-0.25, -0.2) is 0 Å². The molecule has 0 fully saturated rings. The van der Waals surface area contributed by atoms with Crippen LogP contribution in [0.5, 0.6) is 5.75 Å². The van der Waals surface area contributed by atoms with Crippen LogP contribution in [0.4, 0.5) is 5.69 Å². The number of hydrogen-bond donors (Lipinski definition) is 1. The summed E-state index contributed by atoms with van der Waals surface area (Å²) in [4.78, 5) is 0. The molecule has 0 aliphatic carbocycles. The van der Waals surface area contributed by atoms with E-state index in [1.807, 2.05) is 25.1 Å². The zero-order chi connectivity index (χ0) is 13.0. The Hall–Kier alpha value is -1.19. The molecule has 1 atom stereocenters. The van der Waals surface area contributed by atoms with Gasteiger partial charge in [-0.3, -0.25) is 0 Å². The summed E-state index contributed by atoms with van der Waals surface area (Å²) in [6, 6.07) is 7.98. The van der Waals surface area contributed by atoms with Crippen molar-refractivity contribution in [2.45, 2.75) is 19.9 Å². The van der Waals surface area contributed by atoms with E-state index in [0.717, 1.165) is 11.4 Å². The van der Waals surface area contributed by atoms with Gasteiger partial charge in [0.15, 0.2) is 0 Å². The Morgan fingerprint density at radius 2 is 2.22 bits per heavy atom. The molecular formula is C14H16ClNOS. The molecule has 0 aliphatic heterocycles. The average molecular weight is 282 g/mol. The highest BCUT2D eigenvalue weighted by Crippen LogP contribution is 2.31. The molecule has 4 heteroatoms. The van der Waals surface area contributed by atoms with Crippen molar-refractivity contribution in [2.24, 2.45) is 0 Å². The third-order valence-corrected chi connectivity index (χ3v) is 3.59. The summed E-state index contributed by atoms with van der Waals surface area (Å²) in [7, 11) is 0. The van der Waals surface area contributed by atoms with Crippen LogP contribution in [-0.4, -0.2) is 6.61 Å². The second-order valence-corrected chi connectivity index (χ2v) is 5.21. The van der Waals surface area contributed by atoms with E-state index in [-0.39, 0.29) is 6.04 Å². The summed E-state index contributed by atoms with van der Waals surface area (Å²) >= 11 is 7.73. The number of rotatable bonds is 5. The number of nitrogens with one attached hydrogen (secondary N) is 1. The van der Waals surface area contributed by atoms with Crippen molar-refractivity contribution in [2.75, 3.05) is 11.9 Å². The molecule has 1 aromatic carbocycles. The van der Waals surface area contributed by atoms with Gasteiger partial charge in [-0.15, -0.1) is 0 Å². The van der Waals surface area contributed by atoms with E-state index >= 15 is 0 Å². The quantitative estimate of drug-likeness (QED) is 0.835. The molecular weight excluding hydrogens is 266 g/mol. The van der Waals surface area contributed by atoms with Crippen LogP contribution in [0.3, 0.4) is 0 Å². The predicted octanol–water partition coefficient (Wildman–Crippen LogP) is 4.97. The van der Waals surface area contributed by atoms with Crippen LogP contribution in [0, 0.1) is 0 Å². The molecule has 2 rings (SSSR count). The molecule has 1 aromatic heterocycles. The van der Waals surface area contributed by atoms with Gasteiger partial charge in [-0.2, -0.15) is 11.3 Å². The highest BCUT2D eigenvalue weighted by Gasteiger charge is 2.10. The predicted molar refractivity (Wildman–Crippen MR) is 79.0 cm³/mol. The topological polar surface area (TPSA) is 21.3 Å². The van der Waals surface area contributed by atoms with Gasteiger partial charge < -0.3 is 10.1 Å². The number of thiophene rings is 1. The monoisotopic (exact) mass is 281 g/mol. The first-order valence-corrected chi connectivity index (χ1v) is 7.23. The minimum atomic E-state index is 0.230. The lowest BCUT2D eigenvalue weighted by Gasteiger charge is -2.17. The van der Waals surface area contributed by atoms with Crippen LogP contribution in [-0.2, 0) is 0 Å². The van der Waals surface area contributed by atoms with E-state index in [0.29, 0.717) is 11.6 Å². The third kappa shape index (κ3) is 3.18. The maximum atomic E-state index is 6.03. The molecule has 0 spiro atoms. The van der Waals surface area contributed by atoms with E-state index in [4.69, 9.17) is 16.3 Å². The SMILES string of the molecule is CCOc1ccc(Cl)cc1NC(C)c1ccsc1. The van der Waals surface area contributed by atoms with Crippen molar-refractivity contribution >= 4 is 28.6 Å². The van der Waals surface area contributed by atoms with Gasteiger partial charge in [-0.1, -0.05) is 11.6 Å². The maximum absolute atomic E-state index is 6.03. The smallest absolute Gasteiger partial charge is 0.142 e. The molecule has 0 saturated heterocycles. The molecule has 1 unspecified atom stereocenters. The largest absolute Gasteiger partial charge is 0.492 e. The van der Waals surface area contributed by atoms with Crippen molar-refractivity contribution in [3.05, 3.63) is 45.6 Å². The van der Waals surface area contributed by atoms with Crippen LogP contribution >= 0.6 is 22.9 Å². The van der Waals surface area contributed by atoms with Crippen molar-refractivity contribution in [3.8, 4) is 5.75 Å². The van der Waals surface area contributed by atoms with Crippen LogP contribution < -0.4 is 10.1 Å². The molecule has 0 amide bonds. The number of anilines is 1. The minimum absolute atomic E-state index is 0.230. The number of benzene rings is 1. The summed E-state index contributed by atoms with van der Waals surface area (Å²) < 4.78 is 5.59. The normalized spacial score (nSPS) is 12.2. The Bertz CT molecular complexity index is 499.